The second kappa shape index (κ2) is 6.17. The lowest BCUT2D eigenvalue weighted by atomic mass is 10.2. The van der Waals surface area contributed by atoms with Crippen LogP contribution in [0.25, 0.3) is 0 Å². The van der Waals surface area contributed by atoms with E-state index in [1.54, 1.807) is 30.5 Å². The standard InChI is InChI=1S/C11H13NO3S/c1-15-11(14)10(16-2)12-9(13)8-6-4-3-5-7-8/h3-7,10H,1-2H3,(H,12,13). The highest BCUT2D eigenvalue weighted by molar-refractivity contribution is 7.99. The first kappa shape index (κ1) is 12.6. The molecule has 1 amide bonds. The molecule has 0 heterocycles. The molecule has 0 radical (unpaired) electrons. The molecule has 0 fully saturated rings. The predicted molar refractivity (Wildman–Crippen MR) is 63.2 cm³/mol. The van der Waals surface area contributed by atoms with Crippen molar-refractivity contribution < 1.29 is 14.3 Å². The second-order valence-electron chi connectivity index (χ2n) is 2.98. The number of amides is 1. The van der Waals surface area contributed by atoms with E-state index < -0.39 is 11.3 Å². The van der Waals surface area contributed by atoms with Crippen molar-refractivity contribution in [2.45, 2.75) is 5.37 Å². The summed E-state index contributed by atoms with van der Waals surface area (Å²) in [5, 5.41) is 1.91. The molecule has 0 aromatic heterocycles. The van der Waals surface area contributed by atoms with Crippen molar-refractivity contribution >= 4 is 23.6 Å². The van der Waals surface area contributed by atoms with E-state index in [-0.39, 0.29) is 5.91 Å². The number of carbonyl (C=O) groups is 2. The Labute approximate surface area is 98.4 Å². The number of thioether (sulfide) groups is 1. The highest BCUT2D eigenvalue weighted by Gasteiger charge is 2.20. The van der Waals surface area contributed by atoms with Gasteiger partial charge in [0.2, 0.25) is 0 Å². The van der Waals surface area contributed by atoms with Crippen LogP contribution in [0.3, 0.4) is 0 Å². The smallest absolute Gasteiger partial charge is 0.339 e. The fourth-order valence-electron chi connectivity index (χ4n) is 1.11. The van der Waals surface area contributed by atoms with Gasteiger partial charge in [0.05, 0.1) is 7.11 Å². The van der Waals surface area contributed by atoms with E-state index >= 15 is 0 Å². The van der Waals surface area contributed by atoms with Crippen molar-refractivity contribution in [3.8, 4) is 0 Å². The van der Waals surface area contributed by atoms with Crippen LogP contribution in [0.5, 0.6) is 0 Å². The van der Waals surface area contributed by atoms with Crippen molar-refractivity contribution in [3.63, 3.8) is 0 Å². The van der Waals surface area contributed by atoms with Crippen LogP contribution in [-0.2, 0) is 9.53 Å². The van der Waals surface area contributed by atoms with E-state index in [2.05, 4.69) is 10.1 Å². The van der Waals surface area contributed by atoms with Crippen LogP contribution in [-0.4, -0.2) is 30.6 Å². The molecule has 5 heteroatoms. The minimum absolute atomic E-state index is 0.287. The molecule has 1 N–H and O–H groups in total. The zero-order valence-electron chi connectivity index (χ0n) is 9.10. The number of ether oxygens (including phenoxy) is 1. The number of methoxy groups -OCH3 is 1. The highest BCUT2D eigenvalue weighted by atomic mass is 32.2. The summed E-state index contributed by atoms with van der Waals surface area (Å²) in [5.74, 6) is -0.748. The summed E-state index contributed by atoms with van der Waals surface area (Å²) in [6.45, 7) is 0. The lowest BCUT2D eigenvalue weighted by molar-refractivity contribution is -0.140. The monoisotopic (exact) mass is 239 g/mol. The summed E-state index contributed by atoms with van der Waals surface area (Å²) in [5.41, 5.74) is 0.519. The fourth-order valence-corrected chi connectivity index (χ4v) is 1.63. The van der Waals surface area contributed by atoms with E-state index in [1.165, 1.54) is 18.9 Å². The molecule has 16 heavy (non-hydrogen) atoms. The summed E-state index contributed by atoms with van der Waals surface area (Å²) in [6, 6.07) is 8.72. The minimum atomic E-state index is -0.669. The molecule has 0 saturated carbocycles. The molecule has 0 aliphatic carbocycles. The Balaban J connectivity index is 2.66. The Kier molecular flexibility index (Phi) is 4.85. The Hall–Kier alpha value is -1.49. The molecule has 0 spiro atoms. The third kappa shape index (κ3) is 3.27. The van der Waals surface area contributed by atoms with Gasteiger partial charge in [0.15, 0.2) is 5.37 Å². The fraction of sp³-hybridized carbons (Fsp3) is 0.273. The molecule has 1 atom stereocenters. The maximum absolute atomic E-state index is 11.7. The zero-order valence-corrected chi connectivity index (χ0v) is 9.91. The van der Waals surface area contributed by atoms with Gasteiger partial charge in [-0.2, -0.15) is 0 Å². The SMILES string of the molecule is COC(=O)C(NC(=O)c1ccccc1)SC. The molecular weight excluding hydrogens is 226 g/mol. The molecule has 1 rings (SSSR count). The second-order valence-corrected chi connectivity index (χ2v) is 3.92. The van der Waals surface area contributed by atoms with Crippen LogP contribution >= 0.6 is 11.8 Å². The van der Waals surface area contributed by atoms with Crippen LogP contribution in [0.2, 0.25) is 0 Å². The Morgan fingerprint density at radius 2 is 1.94 bits per heavy atom. The van der Waals surface area contributed by atoms with E-state index in [4.69, 9.17) is 0 Å². The van der Waals surface area contributed by atoms with Crippen LogP contribution in [0.1, 0.15) is 10.4 Å². The Bertz CT molecular complexity index is 367. The average Bonchev–Trinajstić information content (AvgIpc) is 2.35. The van der Waals surface area contributed by atoms with Gasteiger partial charge in [-0.15, -0.1) is 11.8 Å². The van der Waals surface area contributed by atoms with Crippen LogP contribution in [0.15, 0.2) is 30.3 Å². The number of hydrogen-bond donors (Lipinski definition) is 1. The molecule has 86 valence electrons. The average molecular weight is 239 g/mol. The first-order chi connectivity index (χ1) is 7.69. The first-order valence-corrected chi connectivity index (χ1v) is 5.94. The van der Waals surface area contributed by atoms with Gasteiger partial charge >= 0.3 is 5.97 Å². The molecule has 0 bridgehead atoms. The van der Waals surface area contributed by atoms with Gasteiger partial charge in [-0.25, -0.2) is 4.79 Å². The van der Waals surface area contributed by atoms with E-state index in [0.29, 0.717) is 5.56 Å². The van der Waals surface area contributed by atoms with Crippen molar-refractivity contribution in [3.05, 3.63) is 35.9 Å². The Morgan fingerprint density at radius 3 is 2.44 bits per heavy atom. The van der Waals surface area contributed by atoms with Gasteiger partial charge in [-0.3, -0.25) is 4.79 Å². The molecule has 1 aromatic rings. The normalized spacial score (nSPS) is 11.6. The highest BCUT2D eigenvalue weighted by Crippen LogP contribution is 2.07. The number of esters is 1. The van der Waals surface area contributed by atoms with Crippen LogP contribution in [0.4, 0.5) is 0 Å². The molecule has 4 nitrogen and oxygen atoms in total. The summed E-state index contributed by atoms with van der Waals surface area (Å²) in [4.78, 5) is 23.0. The Morgan fingerprint density at radius 1 is 1.31 bits per heavy atom. The number of hydrogen-bond acceptors (Lipinski definition) is 4. The van der Waals surface area contributed by atoms with E-state index in [1.807, 2.05) is 6.07 Å². The van der Waals surface area contributed by atoms with Gasteiger partial charge in [-0.05, 0) is 18.4 Å². The quantitative estimate of drug-likeness (QED) is 0.635. The van der Waals surface area contributed by atoms with Crippen LogP contribution < -0.4 is 5.32 Å². The van der Waals surface area contributed by atoms with Gasteiger partial charge in [0.25, 0.3) is 5.91 Å². The van der Waals surface area contributed by atoms with Crippen molar-refractivity contribution in [2.75, 3.05) is 13.4 Å². The lowest BCUT2D eigenvalue weighted by Gasteiger charge is -2.13. The summed E-state index contributed by atoms with van der Waals surface area (Å²) in [7, 11) is 1.29. The lowest BCUT2D eigenvalue weighted by Crippen LogP contribution is -2.38. The third-order valence-corrected chi connectivity index (χ3v) is 2.73. The first-order valence-electron chi connectivity index (χ1n) is 4.65. The number of benzene rings is 1. The molecule has 1 aromatic carbocycles. The molecule has 1 unspecified atom stereocenters. The summed E-state index contributed by atoms with van der Waals surface area (Å²) >= 11 is 1.22. The van der Waals surface area contributed by atoms with Crippen molar-refractivity contribution in [2.24, 2.45) is 0 Å². The molecular formula is C11H13NO3S. The van der Waals surface area contributed by atoms with Gasteiger partial charge in [0.1, 0.15) is 0 Å². The maximum Gasteiger partial charge on any atom is 0.339 e. The number of rotatable bonds is 4. The summed E-state index contributed by atoms with van der Waals surface area (Å²) in [6.07, 6.45) is 1.73. The van der Waals surface area contributed by atoms with Gasteiger partial charge in [0, 0.05) is 5.56 Å². The summed E-state index contributed by atoms with van der Waals surface area (Å²) < 4.78 is 4.57. The minimum Gasteiger partial charge on any atom is -0.467 e. The third-order valence-electron chi connectivity index (χ3n) is 1.95. The van der Waals surface area contributed by atoms with Gasteiger partial charge < -0.3 is 10.1 Å². The van der Waals surface area contributed by atoms with Crippen molar-refractivity contribution in [1.29, 1.82) is 0 Å². The topological polar surface area (TPSA) is 55.4 Å². The number of nitrogens with one attached hydrogen (secondary N) is 1. The van der Waals surface area contributed by atoms with Crippen LogP contribution in [0, 0.1) is 0 Å². The molecule has 0 aliphatic heterocycles. The number of carbonyl (C=O) groups excluding carboxylic acids is 2. The molecule has 0 saturated heterocycles. The largest absolute Gasteiger partial charge is 0.467 e. The van der Waals surface area contributed by atoms with Gasteiger partial charge in [-0.1, -0.05) is 18.2 Å². The van der Waals surface area contributed by atoms with E-state index in [9.17, 15) is 9.59 Å². The maximum atomic E-state index is 11.7. The van der Waals surface area contributed by atoms with Crippen molar-refractivity contribution in [1.82, 2.24) is 5.32 Å². The predicted octanol–water partition coefficient (Wildman–Crippen LogP) is 1.28. The molecule has 0 aliphatic rings. The zero-order chi connectivity index (χ0) is 12.0. The van der Waals surface area contributed by atoms with E-state index in [0.717, 1.165) is 0 Å².